The summed E-state index contributed by atoms with van der Waals surface area (Å²) in [6.07, 6.45) is 2.94. The quantitative estimate of drug-likeness (QED) is 0.865. The van der Waals surface area contributed by atoms with Crippen LogP contribution in [0.25, 0.3) is 0 Å². The van der Waals surface area contributed by atoms with Crippen LogP contribution in [0.2, 0.25) is 0 Å². The molecule has 2 unspecified atom stereocenters. The molecule has 0 saturated carbocycles. The van der Waals surface area contributed by atoms with Crippen LogP contribution in [-0.4, -0.2) is 40.0 Å². The first-order valence-electron chi connectivity index (χ1n) is 8.32. The average molecular weight is 311 g/mol. The summed E-state index contributed by atoms with van der Waals surface area (Å²) in [4.78, 5) is 9.12. The molecule has 120 valence electrons. The zero-order valence-corrected chi connectivity index (χ0v) is 13.5. The number of fused-ring (bicyclic) bond motifs is 2. The van der Waals surface area contributed by atoms with E-state index in [1.807, 2.05) is 0 Å². The van der Waals surface area contributed by atoms with Gasteiger partial charge in [0.2, 0.25) is 0 Å². The van der Waals surface area contributed by atoms with E-state index in [2.05, 4.69) is 46.0 Å². The molecule has 0 spiro atoms. The maximum Gasteiger partial charge on any atom is 0.146 e. The molecule has 3 fully saturated rings. The van der Waals surface area contributed by atoms with Crippen molar-refractivity contribution in [3.63, 3.8) is 0 Å². The third-order valence-corrected chi connectivity index (χ3v) is 5.08. The summed E-state index contributed by atoms with van der Waals surface area (Å²) in [6, 6.07) is 13.1. The van der Waals surface area contributed by atoms with E-state index in [1.165, 1.54) is 23.6 Å². The van der Waals surface area contributed by atoms with Crippen molar-refractivity contribution in [2.75, 3.05) is 13.1 Å². The summed E-state index contributed by atoms with van der Waals surface area (Å²) < 4.78 is 13.8. The molecule has 3 aliphatic heterocycles. The highest BCUT2D eigenvalue weighted by Gasteiger charge is 2.44. The van der Waals surface area contributed by atoms with Gasteiger partial charge in [0.25, 0.3) is 0 Å². The van der Waals surface area contributed by atoms with Crippen molar-refractivity contribution in [2.24, 2.45) is 0 Å². The predicted octanol–water partition coefficient (Wildman–Crippen LogP) is 2.99. The highest BCUT2D eigenvalue weighted by molar-refractivity contribution is 5.23. The minimum absolute atomic E-state index is 0.191. The predicted molar refractivity (Wildman–Crippen MR) is 88.4 cm³/mol. The van der Waals surface area contributed by atoms with E-state index in [4.69, 9.17) is 0 Å². The molecule has 3 saturated heterocycles. The lowest BCUT2D eigenvalue weighted by Crippen LogP contribution is -2.67. The Balaban J connectivity index is 1.38. The minimum atomic E-state index is -0.191. The van der Waals surface area contributed by atoms with Gasteiger partial charge in [-0.2, -0.15) is 0 Å². The van der Waals surface area contributed by atoms with Crippen LogP contribution < -0.4 is 0 Å². The number of hydrogen-bond acceptors (Lipinski definition) is 3. The van der Waals surface area contributed by atoms with Crippen molar-refractivity contribution in [3.8, 4) is 0 Å². The third-order valence-electron chi connectivity index (χ3n) is 5.08. The molecule has 2 atom stereocenters. The van der Waals surface area contributed by atoms with Gasteiger partial charge in [-0.25, -0.2) is 4.39 Å². The molecule has 5 rings (SSSR count). The number of pyridine rings is 1. The van der Waals surface area contributed by atoms with Crippen LogP contribution in [0.1, 0.15) is 23.2 Å². The van der Waals surface area contributed by atoms with Crippen molar-refractivity contribution < 1.29 is 4.39 Å². The van der Waals surface area contributed by atoms with Gasteiger partial charge in [-0.3, -0.25) is 14.8 Å². The SMILES string of the molecule is Cc1cccc(CN2C3CC2CN(Cc2ncccc2F)C3)c1. The second kappa shape index (κ2) is 6.02. The normalized spacial score (nSPS) is 24.4. The van der Waals surface area contributed by atoms with Crippen LogP contribution in [0.5, 0.6) is 0 Å². The molecular formula is C19H22FN3. The summed E-state index contributed by atoms with van der Waals surface area (Å²) >= 11 is 0. The van der Waals surface area contributed by atoms with Gasteiger partial charge >= 0.3 is 0 Å². The van der Waals surface area contributed by atoms with E-state index < -0.39 is 0 Å². The Bertz CT molecular complexity index is 691. The number of rotatable bonds is 4. The Hall–Kier alpha value is -1.78. The standard InChI is InChI=1S/C19H22FN3/c1-14-4-2-5-15(8-14)10-23-16-9-17(23)12-22(11-16)13-19-18(20)6-3-7-21-19/h2-8,16-17H,9-13H2,1H3. The Morgan fingerprint density at radius 3 is 2.70 bits per heavy atom. The zero-order valence-electron chi connectivity index (χ0n) is 13.5. The lowest BCUT2D eigenvalue weighted by molar-refractivity contribution is -0.0779. The van der Waals surface area contributed by atoms with Gasteiger partial charge in [0, 0.05) is 44.5 Å². The second-order valence-corrected chi connectivity index (χ2v) is 6.83. The summed E-state index contributed by atoms with van der Waals surface area (Å²) in [5.74, 6) is -0.191. The van der Waals surface area contributed by atoms with Gasteiger partial charge in [-0.15, -0.1) is 0 Å². The van der Waals surface area contributed by atoms with Crippen LogP contribution in [0.15, 0.2) is 42.6 Å². The first-order valence-corrected chi connectivity index (χ1v) is 8.32. The van der Waals surface area contributed by atoms with Crippen LogP contribution in [0, 0.1) is 12.7 Å². The van der Waals surface area contributed by atoms with Gasteiger partial charge in [-0.1, -0.05) is 29.8 Å². The van der Waals surface area contributed by atoms with E-state index in [0.717, 1.165) is 19.6 Å². The van der Waals surface area contributed by atoms with E-state index in [1.54, 1.807) is 12.3 Å². The molecule has 0 N–H and O–H groups in total. The molecule has 3 nitrogen and oxygen atoms in total. The van der Waals surface area contributed by atoms with Crippen LogP contribution >= 0.6 is 0 Å². The number of halogens is 1. The second-order valence-electron chi connectivity index (χ2n) is 6.83. The Kier molecular flexibility index (Phi) is 3.87. The molecule has 0 amide bonds. The number of piperidine rings is 1. The highest BCUT2D eigenvalue weighted by atomic mass is 19.1. The van der Waals surface area contributed by atoms with E-state index in [-0.39, 0.29) is 5.82 Å². The summed E-state index contributed by atoms with van der Waals surface area (Å²) in [7, 11) is 0. The van der Waals surface area contributed by atoms with Crippen molar-refractivity contribution in [1.82, 2.24) is 14.8 Å². The largest absolute Gasteiger partial charge is 0.294 e. The number of nitrogens with zero attached hydrogens (tertiary/aromatic N) is 3. The number of hydrogen-bond donors (Lipinski definition) is 0. The molecule has 3 aliphatic rings. The van der Waals surface area contributed by atoms with Gasteiger partial charge in [0.05, 0.1) is 5.69 Å². The van der Waals surface area contributed by atoms with Crippen molar-refractivity contribution in [2.45, 2.75) is 38.5 Å². The van der Waals surface area contributed by atoms with Crippen LogP contribution in [0.4, 0.5) is 4.39 Å². The summed E-state index contributed by atoms with van der Waals surface area (Å²) in [5.41, 5.74) is 3.28. The van der Waals surface area contributed by atoms with Crippen LogP contribution in [-0.2, 0) is 13.1 Å². The molecule has 1 aromatic heterocycles. The van der Waals surface area contributed by atoms with Gasteiger partial charge < -0.3 is 0 Å². The van der Waals surface area contributed by atoms with Crippen molar-refractivity contribution in [1.29, 1.82) is 0 Å². The van der Waals surface area contributed by atoms with Gasteiger partial charge in [-0.05, 0) is 31.0 Å². The molecule has 0 aliphatic carbocycles. The van der Waals surface area contributed by atoms with Gasteiger partial charge in [0.1, 0.15) is 5.82 Å². The highest BCUT2D eigenvalue weighted by Crippen LogP contribution is 2.34. The third kappa shape index (κ3) is 3.01. The van der Waals surface area contributed by atoms with E-state index >= 15 is 0 Å². The summed E-state index contributed by atoms with van der Waals surface area (Å²) in [6.45, 7) is 5.82. The molecule has 2 bridgehead atoms. The molecule has 0 radical (unpaired) electrons. The Labute approximate surface area is 136 Å². The number of aromatic nitrogens is 1. The zero-order chi connectivity index (χ0) is 15.8. The lowest BCUT2D eigenvalue weighted by atomic mass is 9.86. The fourth-order valence-electron chi connectivity index (χ4n) is 3.93. The Morgan fingerprint density at radius 2 is 1.96 bits per heavy atom. The molecule has 2 aromatic rings. The smallest absolute Gasteiger partial charge is 0.146 e. The molecule has 4 heteroatoms. The first-order chi connectivity index (χ1) is 11.2. The minimum Gasteiger partial charge on any atom is -0.294 e. The van der Waals surface area contributed by atoms with E-state index in [0.29, 0.717) is 24.3 Å². The molecule has 23 heavy (non-hydrogen) atoms. The lowest BCUT2D eigenvalue weighted by Gasteiger charge is -2.56. The maximum atomic E-state index is 13.8. The monoisotopic (exact) mass is 311 g/mol. The van der Waals surface area contributed by atoms with Gasteiger partial charge in [0.15, 0.2) is 0 Å². The number of aryl methyl sites for hydroxylation is 1. The number of piperazine rings is 1. The summed E-state index contributed by atoms with van der Waals surface area (Å²) in [5, 5.41) is 0. The molecule has 1 aromatic carbocycles. The fourth-order valence-corrected chi connectivity index (χ4v) is 3.93. The van der Waals surface area contributed by atoms with E-state index in [9.17, 15) is 4.39 Å². The first kappa shape index (κ1) is 14.8. The fraction of sp³-hybridized carbons (Fsp3) is 0.421. The van der Waals surface area contributed by atoms with Crippen molar-refractivity contribution in [3.05, 3.63) is 65.2 Å². The number of benzene rings is 1. The maximum absolute atomic E-state index is 13.8. The van der Waals surface area contributed by atoms with Crippen molar-refractivity contribution >= 4 is 0 Å². The average Bonchev–Trinajstić information content (AvgIpc) is 2.55. The topological polar surface area (TPSA) is 19.4 Å². The van der Waals surface area contributed by atoms with Crippen LogP contribution in [0.3, 0.4) is 0 Å². The Morgan fingerprint density at radius 1 is 1.13 bits per heavy atom. The molecule has 4 heterocycles. The molecular weight excluding hydrogens is 289 g/mol.